The summed E-state index contributed by atoms with van der Waals surface area (Å²) in [6.45, 7) is 10.6. The first-order chi connectivity index (χ1) is 13.0. The quantitative estimate of drug-likeness (QED) is 0.648. The summed E-state index contributed by atoms with van der Waals surface area (Å²) in [4.78, 5) is 14.2. The van der Waals surface area contributed by atoms with E-state index in [2.05, 4.69) is 57.0 Å². The highest BCUT2D eigenvalue weighted by Gasteiger charge is 2.13. The van der Waals surface area contributed by atoms with Crippen molar-refractivity contribution in [3.05, 3.63) is 36.0 Å². The minimum atomic E-state index is -0.0966. The van der Waals surface area contributed by atoms with E-state index >= 15 is 0 Å². The summed E-state index contributed by atoms with van der Waals surface area (Å²) in [7, 11) is 0. The third-order valence-electron chi connectivity index (χ3n) is 4.45. The van der Waals surface area contributed by atoms with E-state index < -0.39 is 0 Å². The van der Waals surface area contributed by atoms with Crippen molar-refractivity contribution in [2.45, 2.75) is 20.8 Å². The minimum absolute atomic E-state index is 0.0966. The Labute approximate surface area is 160 Å². The number of nitrogens with zero attached hydrogens (tertiary/aromatic N) is 3. The van der Waals surface area contributed by atoms with Crippen LogP contribution in [-0.2, 0) is 0 Å². The number of carbonyl (C=O) groups excluding carboxylic acids is 1. The van der Waals surface area contributed by atoms with Gasteiger partial charge in [-0.05, 0) is 30.2 Å². The highest BCUT2D eigenvalue weighted by atomic mass is 16.1. The molecule has 0 spiro atoms. The molecule has 3 N–H and O–H groups in total. The summed E-state index contributed by atoms with van der Waals surface area (Å²) in [6.07, 6.45) is 0. The molecule has 0 atom stereocenters. The number of carbonyl (C=O) groups is 1. The van der Waals surface area contributed by atoms with Crippen molar-refractivity contribution in [1.82, 2.24) is 15.5 Å². The fraction of sp³-hybridized carbons (Fsp3) is 0.450. The van der Waals surface area contributed by atoms with Crippen LogP contribution >= 0.6 is 0 Å². The van der Waals surface area contributed by atoms with Crippen molar-refractivity contribution < 1.29 is 4.79 Å². The Kier molecular flexibility index (Phi) is 6.24. The van der Waals surface area contributed by atoms with Crippen molar-refractivity contribution >= 4 is 28.7 Å². The highest BCUT2D eigenvalue weighted by molar-refractivity contribution is 5.97. The lowest BCUT2D eigenvalue weighted by molar-refractivity contribution is 0.101. The molecule has 1 fully saturated rings. The number of nitrogens with one attached hydrogen (secondary N) is 3. The molecule has 7 heteroatoms. The van der Waals surface area contributed by atoms with Gasteiger partial charge >= 0.3 is 0 Å². The van der Waals surface area contributed by atoms with Crippen LogP contribution < -0.4 is 20.9 Å². The first-order valence-electron chi connectivity index (χ1n) is 9.48. The zero-order valence-corrected chi connectivity index (χ0v) is 16.2. The zero-order chi connectivity index (χ0) is 19.2. The fourth-order valence-electron chi connectivity index (χ4n) is 2.99. The molecule has 0 aliphatic carbocycles. The van der Waals surface area contributed by atoms with Crippen molar-refractivity contribution in [2.24, 2.45) is 5.92 Å². The Bertz CT molecular complexity index is 769. The molecule has 1 aliphatic rings. The first kappa shape index (κ1) is 19.1. The summed E-state index contributed by atoms with van der Waals surface area (Å²) in [5.74, 6) is 0.980. The van der Waals surface area contributed by atoms with E-state index in [1.165, 1.54) is 12.6 Å². The monoisotopic (exact) mass is 368 g/mol. The Morgan fingerprint density at radius 1 is 1.19 bits per heavy atom. The average molecular weight is 368 g/mol. The lowest BCUT2D eigenvalue weighted by Gasteiger charge is -2.29. The van der Waals surface area contributed by atoms with Crippen LogP contribution in [0, 0.1) is 5.92 Å². The molecule has 0 amide bonds. The van der Waals surface area contributed by atoms with Gasteiger partial charge in [-0.1, -0.05) is 13.8 Å². The molecule has 0 unspecified atom stereocenters. The molecule has 1 aliphatic heterocycles. The maximum atomic E-state index is 11.8. The Balaban J connectivity index is 1.72. The van der Waals surface area contributed by atoms with Gasteiger partial charge in [0.1, 0.15) is 0 Å². The molecule has 2 heterocycles. The second kappa shape index (κ2) is 8.81. The molecular formula is C20H28N6O. The number of anilines is 4. The van der Waals surface area contributed by atoms with Crippen molar-refractivity contribution in [3.63, 3.8) is 0 Å². The largest absolute Gasteiger partial charge is 0.383 e. The number of benzene rings is 1. The summed E-state index contributed by atoms with van der Waals surface area (Å²) in [5, 5.41) is 18.2. The van der Waals surface area contributed by atoms with Gasteiger partial charge in [0.15, 0.2) is 17.3 Å². The van der Waals surface area contributed by atoms with E-state index in [4.69, 9.17) is 0 Å². The number of hydrogen-bond acceptors (Lipinski definition) is 7. The Morgan fingerprint density at radius 2 is 1.89 bits per heavy atom. The third-order valence-corrected chi connectivity index (χ3v) is 4.45. The van der Waals surface area contributed by atoms with E-state index in [-0.39, 0.29) is 5.78 Å². The topological polar surface area (TPSA) is 82.2 Å². The summed E-state index contributed by atoms with van der Waals surface area (Å²) in [6, 6.07) is 10.2. The Morgan fingerprint density at radius 3 is 2.52 bits per heavy atom. The van der Waals surface area contributed by atoms with E-state index in [0.717, 1.165) is 38.4 Å². The van der Waals surface area contributed by atoms with Crippen LogP contribution in [0.1, 0.15) is 31.3 Å². The van der Waals surface area contributed by atoms with Gasteiger partial charge in [-0.2, -0.15) is 0 Å². The number of piperazine rings is 1. The molecule has 3 rings (SSSR count). The molecule has 7 nitrogen and oxygen atoms in total. The lowest BCUT2D eigenvalue weighted by atomic mass is 10.2. The lowest BCUT2D eigenvalue weighted by Crippen LogP contribution is -2.43. The number of rotatable bonds is 7. The van der Waals surface area contributed by atoms with Gasteiger partial charge in [-0.3, -0.25) is 4.79 Å². The van der Waals surface area contributed by atoms with Crippen LogP contribution in [0.4, 0.5) is 22.9 Å². The van der Waals surface area contributed by atoms with Gasteiger partial charge in [0.25, 0.3) is 0 Å². The standard InChI is InChI=1S/C20H28N6O/c1-14(2)13-22-18-12-19(24-25-20(18)15(3)27)23-16-4-6-17(7-5-16)26-10-8-21-9-11-26/h4-7,12,14,21H,8-11,13H2,1-3H3,(H2,22,23,24). The van der Waals surface area contributed by atoms with Gasteiger partial charge in [0.2, 0.25) is 0 Å². The average Bonchev–Trinajstić information content (AvgIpc) is 2.67. The van der Waals surface area contributed by atoms with Crippen molar-refractivity contribution in [3.8, 4) is 0 Å². The molecule has 0 radical (unpaired) electrons. The predicted molar refractivity (Wildman–Crippen MR) is 110 cm³/mol. The maximum absolute atomic E-state index is 11.8. The molecule has 1 aromatic heterocycles. The van der Waals surface area contributed by atoms with Crippen LogP contribution in [-0.4, -0.2) is 48.7 Å². The van der Waals surface area contributed by atoms with E-state index in [9.17, 15) is 4.79 Å². The van der Waals surface area contributed by atoms with Crippen molar-refractivity contribution in [2.75, 3.05) is 48.3 Å². The molecular weight excluding hydrogens is 340 g/mol. The zero-order valence-electron chi connectivity index (χ0n) is 16.2. The summed E-state index contributed by atoms with van der Waals surface area (Å²) in [5.41, 5.74) is 3.24. The number of hydrogen-bond donors (Lipinski definition) is 3. The Hall–Kier alpha value is -2.67. The molecule has 1 aromatic carbocycles. The smallest absolute Gasteiger partial charge is 0.182 e. The second-order valence-corrected chi connectivity index (χ2v) is 7.23. The van der Waals surface area contributed by atoms with E-state index in [1.807, 2.05) is 18.2 Å². The second-order valence-electron chi connectivity index (χ2n) is 7.23. The van der Waals surface area contributed by atoms with Gasteiger partial charge in [-0.15, -0.1) is 10.2 Å². The minimum Gasteiger partial charge on any atom is -0.383 e. The van der Waals surface area contributed by atoms with Crippen LogP contribution in [0.5, 0.6) is 0 Å². The maximum Gasteiger partial charge on any atom is 0.182 e. The van der Waals surface area contributed by atoms with Crippen molar-refractivity contribution in [1.29, 1.82) is 0 Å². The number of Topliss-reactive ketones (excluding diaryl/α,β-unsaturated/α-hetero) is 1. The van der Waals surface area contributed by atoms with Gasteiger partial charge < -0.3 is 20.9 Å². The third kappa shape index (κ3) is 5.17. The highest BCUT2D eigenvalue weighted by Crippen LogP contribution is 2.23. The number of aromatic nitrogens is 2. The van der Waals surface area contributed by atoms with Gasteiger partial charge in [0, 0.05) is 57.1 Å². The molecule has 1 saturated heterocycles. The fourth-order valence-corrected chi connectivity index (χ4v) is 2.99. The molecule has 2 aromatic rings. The normalized spacial score (nSPS) is 14.3. The predicted octanol–water partition coefficient (Wildman–Crippen LogP) is 2.90. The SMILES string of the molecule is CC(=O)c1nnc(Nc2ccc(N3CCNCC3)cc2)cc1NCC(C)C. The van der Waals surface area contributed by atoms with Crippen LogP contribution in [0.3, 0.4) is 0 Å². The first-order valence-corrected chi connectivity index (χ1v) is 9.48. The van der Waals surface area contributed by atoms with Crippen LogP contribution in [0.25, 0.3) is 0 Å². The number of ketones is 1. The summed E-state index contributed by atoms with van der Waals surface area (Å²) >= 11 is 0. The summed E-state index contributed by atoms with van der Waals surface area (Å²) < 4.78 is 0. The van der Waals surface area contributed by atoms with Gasteiger partial charge in [-0.25, -0.2) is 0 Å². The molecule has 0 saturated carbocycles. The molecule has 0 bridgehead atoms. The van der Waals surface area contributed by atoms with Crippen LogP contribution in [0.2, 0.25) is 0 Å². The molecule has 27 heavy (non-hydrogen) atoms. The molecule has 144 valence electrons. The van der Waals surface area contributed by atoms with Gasteiger partial charge in [0.05, 0.1) is 5.69 Å². The van der Waals surface area contributed by atoms with E-state index in [1.54, 1.807) is 0 Å². The van der Waals surface area contributed by atoms with E-state index in [0.29, 0.717) is 23.1 Å². The van der Waals surface area contributed by atoms with Crippen LogP contribution in [0.15, 0.2) is 30.3 Å².